The maximum atomic E-state index is 13.3. The zero-order valence-electron chi connectivity index (χ0n) is 17.4. The zero-order valence-corrected chi connectivity index (χ0v) is 21.4. The van der Waals surface area contributed by atoms with Crippen molar-refractivity contribution in [2.75, 3.05) is 6.26 Å². The van der Waals surface area contributed by atoms with Crippen LogP contribution in [-0.4, -0.2) is 47.3 Å². The van der Waals surface area contributed by atoms with Gasteiger partial charge in [-0.2, -0.15) is 13.2 Å². The molecule has 0 saturated heterocycles. The summed E-state index contributed by atoms with van der Waals surface area (Å²) in [5.74, 6) is -2.20. The molecule has 2 heterocycles. The molecule has 15 heteroatoms. The Balaban J connectivity index is 0.000000406. The first-order valence-corrected chi connectivity index (χ1v) is 13.8. The van der Waals surface area contributed by atoms with E-state index in [1.54, 1.807) is 18.5 Å². The average Bonchev–Trinajstić information content (AvgIpc) is 3.28. The third-order valence-electron chi connectivity index (χ3n) is 4.75. The van der Waals surface area contributed by atoms with Crippen LogP contribution in [0.5, 0.6) is 0 Å². The van der Waals surface area contributed by atoms with Crippen LogP contribution in [0.2, 0.25) is 0 Å². The summed E-state index contributed by atoms with van der Waals surface area (Å²) in [5, 5.41) is 14.7. The standard InChI is InChI=1S/C17H17BrN4O2S3.C2HF3O2/c1-25-17-14(6-13(26-17)16(19)20)27(23,24)10-4-11(18)15-12(5-10)21-8-22(15)7-9-2-3-9;3-2(4,5)1(6)7/h4-6,8-9H,2-3,7H2,1H3,(H3,19,20);(H,6,7). The van der Waals surface area contributed by atoms with Gasteiger partial charge >= 0.3 is 12.1 Å². The molecule has 184 valence electrons. The SMILES string of the molecule is CSc1sc(C(=N)N)cc1S(=O)(=O)c1cc(Br)c2c(c1)ncn2CC1CC1.O=C(O)C(F)(F)F. The predicted molar refractivity (Wildman–Crippen MR) is 126 cm³/mol. The number of rotatable bonds is 6. The Morgan fingerprint density at radius 3 is 2.50 bits per heavy atom. The number of nitrogens with two attached hydrogens (primary N) is 1. The first kappa shape index (κ1) is 26.5. The number of benzene rings is 1. The number of nitrogen functional groups attached to an aromatic ring is 1. The van der Waals surface area contributed by atoms with Gasteiger partial charge in [-0.25, -0.2) is 18.2 Å². The fourth-order valence-corrected chi connectivity index (χ4v) is 7.68. The Morgan fingerprint density at radius 2 is 2.00 bits per heavy atom. The summed E-state index contributed by atoms with van der Waals surface area (Å²) in [6, 6.07) is 4.74. The number of alkyl halides is 3. The molecule has 4 N–H and O–H groups in total. The number of thiophene rings is 1. The number of carbonyl (C=O) groups is 1. The first-order chi connectivity index (χ1) is 15.8. The minimum atomic E-state index is -5.08. The van der Waals surface area contributed by atoms with Crippen LogP contribution in [0.25, 0.3) is 11.0 Å². The largest absolute Gasteiger partial charge is 0.490 e. The molecule has 0 atom stereocenters. The lowest BCUT2D eigenvalue weighted by molar-refractivity contribution is -0.192. The summed E-state index contributed by atoms with van der Waals surface area (Å²) >= 11 is 6.09. The summed E-state index contributed by atoms with van der Waals surface area (Å²) < 4.78 is 61.7. The molecule has 8 nitrogen and oxygen atoms in total. The van der Waals surface area contributed by atoms with Gasteiger partial charge in [-0.3, -0.25) is 5.41 Å². The smallest absolute Gasteiger partial charge is 0.475 e. The Bertz CT molecular complexity index is 1370. The fraction of sp³-hybridized carbons (Fsp3) is 0.316. The van der Waals surface area contributed by atoms with Crippen molar-refractivity contribution in [3.63, 3.8) is 0 Å². The van der Waals surface area contributed by atoms with E-state index in [0.717, 1.165) is 12.1 Å². The van der Waals surface area contributed by atoms with Crippen LogP contribution in [0.15, 0.2) is 43.0 Å². The molecule has 1 aromatic carbocycles. The number of aromatic nitrogens is 2. The van der Waals surface area contributed by atoms with Crippen molar-refractivity contribution in [3.8, 4) is 0 Å². The van der Waals surface area contributed by atoms with E-state index in [9.17, 15) is 21.6 Å². The maximum absolute atomic E-state index is 13.3. The Morgan fingerprint density at radius 1 is 1.38 bits per heavy atom. The van der Waals surface area contributed by atoms with E-state index in [4.69, 9.17) is 21.0 Å². The number of halogens is 4. The van der Waals surface area contributed by atoms with Gasteiger partial charge in [0, 0.05) is 11.0 Å². The molecule has 0 bridgehead atoms. The van der Waals surface area contributed by atoms with Crippen LogP contribution in [0.3, 0.4) is 0 Å². The highest BCUT2D eigenvalue weighted by Gasteiger charge is 2.38. The fourth-order valence-electron chi connectivity index (χ4n) is 2.95. The molecule has 0 unspecified atom stereocenters. The highest BCUT2D eigenvalue weighted by atomic mass is 79.9. The zero-order chi connectivity index (χ0) is 25.4. The summed E-state index contributed by atoms with van der Waals surface area (Å²) in [7, 11) is -3.75. The van der Waals surface area contributed by atoms with Gasteiger partial charge in [0.05, 0.1) is 36.2 Å². The summed E-state index contributed by atoms with van der Waals surface area (Å²) in [4.78, 5) is 14.1. The molecule has 1 saturated carbocycles. The summed E-state index contributed by atoms with van der Waals surface area (Å²) in [6.45, 7) is 0.907. The van der Waals surface area contributed by atoms with Gasteiger partial charge in [0.25, 0.3) is 0 Å². The highest BCUT2D eigenvalue weighted by molar-refractivity contribution is 9.10. The molecular weight excluding hydrogens is 581 g/mol. The molecule has 0 amide bonds. The number of hydrogen-bond donors (Lipinski definition) is 3. The Labute approximate surface area is 208 Å². The lowest BCUT2D eigenvalue weighted by Crippen LogP contribution is -2.21. The van der Waals surface area contributed by atoms with Crippen molar-refractivity contribution in [1.82, 2.24) is 9.55 Å². The second kappa shape index (κ2) is 9.87. The molecule has 2 aromatic heterocycles. The second-order valence-corrected chi connectivity index (χ2v) is 12.2. The number of imidazole rings is 1. The van der Waals surface area contributed by atoms with E-state index >= 15 is 0 Å². The van der Waals surface area contributed by atoms with Gasteiger partial charge in [0.1, 0.15) is 5.84 Å². The maximum Gasteiger partial charge on any atom is 0.490 e. The third kappa shape index (κ3) is 5.75. The lowest BCUT2D eigenvalue weighted by Gasteiger charge is -2.08. The Kier molecular flexibility index (Phi) is 7.70. The number of nitrogens with zero attached hydrogens (tertiary/aromatic N) is 2. The van der Waals surface area contributed by atoms with Crippen molar-refractivity contribution in [3.05, 3.63) is 33.9 Å². The highest BCUT2D eigenvalue weighted by Crippen LogP contribution is 2.39. The number of amidine groups is 1. The minimum absolute atomic E-state index is 0.132. The van der Waals surface area contributed by atoms with E-state index in [1.807, 2.05) is 6.26 Å². The number of sulfone groups is 1. The van der Waals surface area contributed by atoms with Gasteiger partial charge in [0.15, 0.2) is 0 Å². The third-order valence-corrected chi connectivity index (χ3v) is 9.68. The number of fused-ring (bicyclic) bond motifs is 1. The van der Waals surface area contributed by atoms with E-state index < -0.39 is 22.0 Å². The van der Waals surface area contributed by atoms with E-state index in [-0.39, 0.29) is 15.6 Å². The molecule has 1 aliphatic rings. The van der Waals surface area contributed by atoms with Crippen LogP contribution in [0, 0.1) is 11.3 Å². The second-order valence-electron chi connectivity index (χ2n) is 7.30. The van der Waals surface area contributed by atoms with Crippen LogP contribution in [-0.2, 0) is 21.2 Å². The van der Waals surface area contributed by atoms with Gasteiger partial charge < -0.3 is 15.4 Å². The molecular formula is C19H18BrF3N4O4S3. The Hall–Kier alpha value is -2.10. The number of aliphatic carboxylic acids is 1. The predicted octanol–water partition coefficient (Wildman–Crippen LogP) is 4.74. The van der Waals surface area contributed by atoms with Gasteiger partial charge in [0.2, 0.25) is 9.84 Å². The topological polar surface area (TPSA) is 139 Å². The van der Waals surface area contributed by atoms with Crippen LogP contribution >= 0.6 is 39.0 Å². The molecule has 34 heavy (non-hydrogen) atoms. The quantitative estimate of drug-likeness (QED) is 0.211. The van der Waals surface area contributed by atoms with Crippen LogP contribution in [0.1, 0.15) is 17.7 Å². The normalized spacial score (nSPS) is 14.0. The van der Waals surface area contributed by atoms with Crippen molar-refractivity contribution >= 4 is 71.7 Å². The average molecular weight is 599 g/mol. The van der Waals surface area contributed by atoms with E-state index in [0.29, 0.717) is 25.0 Å². The summed E-state index contributed by atoms with van der Waals surface area (Å²) in [5.41, 5.74) is 7.11. The van der Waals surface area contributed by atoms with Crippen molar-refractivity contribution in [2.45, 2.75) is 39.6 Å². The first-order valence-electron chi connectivity index (χ1n) is 9.47. The van der Waals surface area contributed by atoms with Gasteiger partial charge in [-0.05, 0) is 59.1 Å². The van der Waals surface area contributed by atoms with Crippen LogP contribution in [0.4, 0.5) is 13.2 Å². The van der Waals surface area contributed by atoms with Crippen molar-refractivity contribution in [2.24, 2.45) is 11.7 Å². The van der Waals surface area contributed by atoms with Crippen molar-refractivity contribution < 1.29 is 31.5 Å². The number of thioether (sulfide) groups is 1. The van der Waals surface area contributed by atoms with Crippen LogP contribution < -0.4 is 5.73 Å². The molecule has 0 spiro atoms. The molecule has 4 rings (SSSR count). The molecule has 1 fully saturated rings. The molecule has 0 aliphatic heterocycles. The number of nitrogens with one attached hydrogen (secondary N) is 1. The number of carboxylic acids is 1. The molecule has 1 aliphatic carbocycles. The molecule has 0 radical (unpaired) electrons. The minimum Gasteiger partial charge on any atom is -0.475 e. The lowest BCUT2D eigenvalue weighted by atomic mass is 10.3. The molecule has 3 aromatic rings. The summed E-state index contributed by atoms with van der Waals surface area (Å²) in [6.07, 6.45) is 0.971. The van der Waals surface area contributed by atoms with Gasteiger partial charge in [-0.15, -0.1) is 23.1 Å². The van der Waals surface area contributed by atoms with Crippen molar-refractivity contribution in [1.29, 1.82) is 5.41 Å². The number of carboxylic acid groups (broad SMARTS) is 1. The van der Waals surface area contributed by atoms with E-state index in [1.165, 1.54) is 42.0 Å². The van der Waals surface area contributed by atoms with Gasteiger partial charge in [-0.1, -0.05) is 0 Å². The number of hydrogen-bond acceptors (Lipinski definition) is 7. The monoisotopic (exact) mass is 598 g/mol. The van der Waals surface area contributed by atoms with E-state index in [2.05, 4.69) is 25.5 Å².